The summed E-state index contributed by atoms with van der Waals surface area (Å²) in [6, 6.07) is 0. The quantitative estimate of drug-likeness (QED) is 0.759. The highest BCUT2D eigenvalue weighted by Crippen LogP contribution is 2.23. The molecule has 1 fully saturated rings. The van der Waals surface area contributed by atoms with Gasteiger partial charge in [-0.25, -0.2) is 0 Å². The second-order valence-corrected chi connectivity index (χ2v) is 5.13. The van der Waals surface area contributed by atoms with Crippen molar-refractivity contribution in [1.29, 1.82) is 0 Å². The van der Waals surface area contributed by atoms with E-state index in [4.69, 9.17) is 10.8 Å². The molecule has 1 saturated heterocycles. The van der Waals surface area contributed by atoms with Crippen LogP contribution in [0.5, 0.6) is 0 Å². The van der Waals surface area contributed by atoms with Gasteiger partial charge in [0.2, 0.25) is 5.91 Å². The van der Waals surface area contributed by atoms with E-state index < -0.39 is 5.54 Å². The number of amides is 1. The van der Waals surface area contributed by atoms with Crippen molar-refractivity contribution < 1.29 is 9.90 Å². The Morgan fingerprint density at radius 1 is 1.47 bits per heavy atom. The van der Waals surface area contributed by atoms with Crippen molar-refractivity contribution in [2.24, 2.45) is 11.7 Å². The van der Waals surface area contributed by atoms with Crippen LogP contribution in [0.2, 0.25) is 0 Å². The van der Waals surface area contributed by atoms with Crippen LogP contribution < -0.4 is 5.73 Å². The lowest BCUT2D eigenvalue weighted by atomic mass is 9.89. The van der Waals surface area contributed by atoms with Crippen LogP contribution in [0.4, 0.5) is 0 Å². The van der Waals surface area contributed by atoms with E-state index in [0.29, 0.717) is 18.8 Å². The van der Waals surface area contributed by atoms with Crippen LogP contribution in [-0.4, -0.2) is 41.1 Å². The predicted octanol–water partition coefficient (Wildman–Crippen LogP) is 1.12. The van der Waals surface area contributed by atoms with E-state index in [2.05, 4.69) is 0 Å². The van der Waals surface area contributed by atoms with Gasteiger partial charge in [-0.1, -0.05) is 13.8 Å². The minimum atomic E-state index is -0.693. The van der Waals surface area contributed by atoms with Crippen molar-refractivity contribution in [3.63, 3.8) is 0 Å². The molecule has 0 radical (unpaired) electrons. The van der Waals surface area contributed by atoms with Crippen molar-refractivity contribution in [2.45, 2.75) is 51.5 Å². The monoisotopic (exact) mass is 242 g/mol. The molecule has 0 aliphatic carbocycles. The molecule has 17 heavy (non-hydrogen) atoms. The molecule has 1 atom stereocenters. The van der Waals surface area contributed by atoms with Crippen molar-refractivity contribution in [3.8, 4) is 0 Å². The summed E-state index contributed by atoms with van der Waals surface area (Å²) in [6.45, 7) is 5.73. The fourth-order valence-electron chi connectivity index (χ4n) is 2.54. The SMILES string of the molecule is CCC(N)(CC)C(=O)N1CCCC(CCO)C1. The maximum Gasteiger partial charge on any atom is 0.242 e. The number of nitrogens with two attached hydrogens (primary N) is 1. The molecule has 1 amide bonds. The van der Waals surface area contributed by atoms with E-state index in [-0.39, 0.29) is 12.5 Å². The summed E-state index contributed by atoms with van der Waals surface area (Å²) in [5, 5.41) is 8.97. The van der Waals surface area contributed by atoms with Gasteiger partial charge in [-0.3, -0.25) is 4.79 Å². The van der Waals surface area contributed by atoms with Crippen LogP contribution in [0.15, 0.2) is 0 Å². The highest BCUT2D eigenvalue weighted by Gasteiger charge is 2.35. The Balaban J connectivity index is 2.62. The number of hydrogen-bond acceptors (Lipinski definition) is 3. The molecule has 0 bridgehead atoms. The van der Waals surface area contributed by atoms with Crippen LogP contribution in [0.1, 0.15) is 46.0 Å². The first-order valence-electron chi connectivity index (χ1n) is 6.76. The molecule has 100 valence electrons. The first kappa shape index (κ1) is 14.5. The lowest BCUT2D eigenvalue weighted by molar-refractivity contribution is -0.139. The molecule has 1 aliphatic heterocycles. The third-order valence-electron chi connectivity index (χ3n) is 4.03. The second-order valence-electron chi connectivity index (χ2n) is 5.13. The largest absolute Gasteiger partial charge is 0.396 e. The topological polar surface area (TPSA) is 66.6 Å². The predicted molar refractivity (Wildman–Crippen MR) is 68.5 cm³/mol. The average Bonchev–Trinajstić information content (AvgIpc) is 2.37. The molecule has 3 N–H and O–H groups in total. The number of hydrogen-bond donors (Lipinski definition) is 2. The number of rotatable bonds is 5. The Morgan fingerprint density at radius 3 is 2.65 bits per heavy atom. The van der Waals surface area contributed by atoms with E-state index in [1.54, 1.807) is 0 Å². The number of aliphatic hydroxyl groups is 1. The van der Waals surface area contributed by atoms with Gasteiger partial charge in [-0.2, -0.15) is 0 Å². The highest BCUT2D eigenvalue weighted by molar-refractivity contribution is 5.86. The molecule has 0 aromatic carbocycles. The van der Waals surface area contributed by atoms with Crippen LogP contribution in [0.25, 0.3) is 0 Å². The molecule has 1 aliphatic rings. The Bertz CT molecular complexity index is 250. The molecule has 4 heteroatoms. The number of carbonyl (C=O) groups is 1. The first-order chi connectivity index (χ1) is 8.07. The summed E-state index contributed by atoms with van der Waals surface area (Å²) in [5.74, 6) is 0.529. The Morgan fingerprint density at radius 2 is 2.12 bits per heavy atom. The minimum absolute atomic E-state index is 0.0881. The van der Waals surface area contributed by atoms with Gasteiger partial charge in [-0.15, -0.1) is 0 Å². The van der Waals surface area contributed by atoms with Gasteiger partial charge in [0.25, 0.3) is 0 Å². The maximum absolute atomic E-state index is 12.4. The standard InChI is InChI=1S/C13H26N2O2/c1-3-13(14,4-2)12(17)15-8-5-6-11(10-15)7-9-16/h11,16H,3-10,14H2,1-2H3. The van der Waals surface area contributed by atoms with Crippen molar-refractivity contribution in [1.82, 2.24) is 4.90 Å². The second kappa shape index (κ2) is 6.36. The number of piperidine rings is 1. The molecule has 1 rings (SSSR count). The lowest BCUT2D eigenvalue weighted by Gasteiger charge is -2.38. The molecule has 1 unspecified atom stereocenters. The molecular weight excluding hydrogens is 216 g/mol. The first-order valence-corrected chi connectivity index (χ1v) is 6.76. The molecule has 4 nitrogen and oxygen atoms in total. The van der Waals surface area contributed by atoms with Gasteiger partial charge in [0.1, 0.15) is 0 Å². The maximum atomic E-state index is 12.4. The Hall–Kier alpha value is -0.610. The average molecular weight is 242 g/mol. The number of aliphatic hydroxyl groups excluding tert-OH is 1. The number of likely N-dealkylation sites (tertiary alicyclic amines) is 1. The molecule has 0 saturated carbocycles. The summed E-state index contributed by atoms with van der Waals surface area (Å²) < 4.78 is 0. The highest BCUT2D eigenvalue weighted by atomic mass is 16.3. The van der Waals surface area contributed by atoms with Gasteiger partial charge in [-0.05, 0) is 38.0 Å². The van der Waals surface area contributed by atoms with Crippen molar-refractivity contribution in [2.75, 3.05) is 19.7 Å². The normalized spacial score (nSPS) is 21.6. The van der Waals surface area contributed by atoms with Gasteiger partial charge < -0.3 is 15.7 Å². The van der Waals surface area contributed by atoms with Crippen LogP contribution in [0, 0.1) is 5.92 Å². The summed E-state index contributed by atoms with van der Waals surface area (Å²) in [5.41, 5.74) is 5.46. The van der Waals surface area contributed by atoms with Crippen LogP contribution >= 0.6 is 0 Å². The van der Waals surface area contributed by atoms with Crippen molar-refractivity contribution in [3.05, 3.63) is 0 Å². The molecule has 1 heterocycles. The molecule has 0 aromatic heterocycles. The van der Waals surface area contributed by atoms with Crippen molar-refractivity contribution >= 4 is 5.91 Å². The Kier molecular flexibility index (Phi) is 5.40. The zero-order valence-electron chi connectivity index (χ0n) is 11.1. The fraction of sp³-hybridized carbons (Fsp3) is 0.923. The molecular formula is C13H26N2O2. The smallest absolute Gasteiger partial charge is 0.242 e. The van der Waals surface area contributed by atoms with Crippen LogP contribution in [-0.2, 0) is 4.79 Å². The van der Waals surface area contributed by atoms with Gasteiger partial charge >= 0.3 is 0 Å². The fourth-order valence-corrected chi connectivity index (χ4v) is 2.54. The molecule has 0 spiro atoms. The van der Waals surface area contributed by atoms with E-state index in [9.17, 15) is 4.79 Å². The number of nitrogens with zero attached hydrogens (tertiary/aromatic N) is 1. The van der Waals surface area contributed by atoms with E-state index in [1.807, 2.05) is 18.7 Å². The summed E-state index contributed by atoms with van der Waals surface area (Å²) in [7, 11) is 0. The minimum Gasteiger partial charge on any atom is -0.396 e. The summed E-state index contributed by atoms with van der Waals surface area (Å²) >= 11 is 0. The Labute approximate surface area is 104 Å². The van der Waals surface area contributed by atoms with Crippen LogP contribution in [0.3, 0.4) is 0 Å². The summed E-state index contributed by atoms with van der Waals surface area (Å²) in [6.07, 6.45) is 4.30. The van der Waals surface area contributed by atoms with E-state index in [1.165, 1.54) is 0 Å². The zero-order valence-corrected chi connectivity index (χ0v) is 11.1. The van der Waals surface area contributed by atoms with Gasteiger partial charge in [0, 0.05) is 19.7 Å². The lowest BCUT2D eigenvalue weighted by Crippen LogP contribution is -2.56. The number of carbonyl (C=O) groups excluding carboxylic acids is 1. The zero-order chi connectivity index (χ0) is 12.9. The molecule has 0 aromatic rings. The third kappa shape index (κ3) is 3.42. The summed E-state index contributed by atoms with van der Waals surface area (Å²) in [4.78, 5) is 14.3. The van der Waals surface area contributed by atoms with E-state index >= 15 is 0 Å². The van der Waals surface area contributed by atoms with Gasteiger partial charge in [0.05, 0.1) is 5.54 Å². The van der Waals surface area contributed by atoms with E-state index in [0.717, 1.165) is 32.4 Å². The van der Waals surface area contributed by atoms with Gasteiger partial charge in [0.15, 0.2) is 0 Å². The third-order valence-corrected chi connectivity index (χ3v) is 4.03.